The van der Waals surface area contributed by atoms with Crippen molar-refractivity contribution >= 4 is 17.9 Å². The standard InChI is InChI=1S/C71H116O6/c1-4-7-10-13-16-19-22-25-28-30-32-33-34-35-36-37-39-40-43-46-49-52-55-58-61-64-70(73)76-67-68(66-75-69(72)63-60-57-54-51-48-45-42-27-24-21-18-15-12-9-6-3)77-71(74)65-62-59-56-53-50-47-44-41-38-31-29-26-23-20-17-14-11-8-5-2/h8-9,11-12,17-18,20-22,25-27,29-30,32,38,41-42,48,51,57,60,68H,4-7,10,13-16,19,23-24,28,31,33-37,39-40,43-47,49-50,52-56,58-59,61-67H2,1-3H3/b11-8-,12-9-,20-17-,21-18-,25-22-,29-26-,32-30-,41-38-,42-27-,51-48-,60-57-. The number of carbonyl (C=O) groups is 3. The molecule has 0 rings (SSSR count). The summed E-state index contributed by atoms with van der Waals surface area (Å²) in [4.78, 5) is 38.2. The third kappa shape index (κ3) is 62.3. The van der Waals surface area contributed by atoms with Gasteiger partial charge in [0.05, 0.1) is 6.42 Å². The zero-order valence-corrected chi connectivity index (χ0v) is 49.9. The van der Waals surface area contributed by atoms with Gasteiger partial charge in [0.25, 0.3) is 0 Å². The van der Waals surface area contributed by atoms with Gasteiger partial charge >= 0.3 is 17.9 Å². The monoisotopic (exact) mass is 1060 g/mol. The van der Waals surface area contributed by atoms with Gasteiger partial charge in [-0.1, -0.05) is 276 Å². The minimum absolute atomic E-state index is 0.117. The summed E-state index contributed by atoms with van der Waals surface area (Å²) >= 11 is 0. The second-order valence-corrected chi connectivity index (χ2v) is 20.6. The molecule has 0 saturated carbocycles. The van der Waals surface area contributed by atoms with Crippen molar-refractivity contribution in [2.75, 3.05) is 13.2 Å². The molecule has 0 saturated heterocycles. The fourth-order valence-electron chi connectivity index (χ4n) is 8.48. The molecule has 0 aromatic heterocycles. The van der Waals surface area contributed by atoms with Gasteiger partial charge in [0.1, 0.15) is 13.2 Å². The third-order valence-electron chi connectivity index (χ3n) is 13.2. The number of allylic oxidation sites excluding steroid dienone is 21. The smallest absolute Gasteiger partial charge is 0.309 e. The van der Waals surface area contributed by atoms with Gasteiger partial charge in [0.2, 0.25) is 0 Å². The van der Waals surface area contributed by atoms with E-state index in [-0.39, 0.29) is 38.0 Å². The summed E-state index contributed by atoms with van der Waals surface area (Å²) in [7, 11) is 0. The number of hydrogen-bond acceptors (Lipinski definition) is 6. The zero-order valence-electron chi connectivity index (χ0n) is 49.9. The van der Waals surface area contributed by atoms with E-state index in [0.717, 1.165) is 116 Å². The molecular formula is C71H116O6. The van der Waals surface area contributed by atoms with E-state index >= 15 is 0 Å². The molecule has 6 heteroatoms. The number of unbranched alkanes of at least 4 members (excludes halogenated alkanes) is 24. The lowest BCUT2D eigenvalue weighted by atomic mass is 10.0. The van der Waals surface area contributed by atoms with Crippen molar-refractivity contribution in [1.82, 2.24) is 0 Å². The third-order valence-corrected chi connectivity index (χ3v) is 13.2. The summed E-state index contributed by atoms with van der Waals surface area (Å²) in [5.74, 6) is -1.07. The Morgan fingerprint density at radius 3 is 0.909 bits per heavy atom. The molecule has 0 radical (unpaired) electrons. The molecule has 0 fully saturated rings. The average molecular weight is 1070 g/mol. The van der Waals surface area contributed by atoms with Crippen LogP contribution in [0.5, 0.6) is 0 Å². The fourth-order valence-corrected chi connectivity index (χ4v) is 8.48. The molecule has 0 amide bonds. The Morgan fingerprint density at radius 1 is 0.286 bits per heavy atom. The van der Waals surface area contributed by atoms with Gasteiger partial charge in [0, 0.05) is 12.8 Å². The van der Waals surface area contributed by atoms with Crippen molar-refractivity contribution in [2.24, 2.45) is 0 Å². The molecule has 0 bridgehead atoms. The highest BCUT2D eigenvalue weighted by molar-refractivity contribution is 5.72. The zero-order chi connectivity index (χ0) is 55.7. The van der Waals surface area contributed by atoms with Crippen LogP contribution in [0, 0.1) is 0 Å². The van der Waals surface area contributed by atoms with Crippen molar-refractivity contribution < 1.29 is 28.6 Å². The number of hydrogen-bond donors (Lipinski definition) is 0. The van der Waals surface area contributed by atoms with Gasteiger partial charge < -0.3 is 14.2 Å². The number of rotatable bonds is 56. The molecule has 436 valence electrons. The van der Waals surface area contributed by atoms with E-state index in [2.05, 4.69) is 142 Å². The van der Waals surface area contributed by atoms with Crippen molar-refractivity contribution in [3.63, 3.8) is 0 Å². The van der Waals surface area contributed by atoms with Crippen LogP contribution >= 0.6 is 0 Å². The molecule has 0 N–H and O–H groups in total. The van der Waals surface area contributed by atoms with E-state index in [4.69, 9.17) is 14.2 Å². The molecule has 0 aliphatic carbocycles. The maximum Gasteiger partial charge on any atom is 0.309 e. The number of esters is 3. The van der Waals surface area contributed by atoms with E-state index in [1.165, 1.54) is 122 Å². The summed E-state index contributed by atoms with van der Waals surface area (Å²) < 4.78 is 16.8. The van der Waals surface area contributed by atoms with Gasteiger partial charge in [-0.15, -0.1) is 0 Å². The summed E-state index contributed by atoms with van der Waals surface area (Å²) in [5.41, 5.74) is 0. The number of carbonyl (C=O) groups excluding carboxylic acids is 3. The fraction of sp³-hybridized carbons (Fsp3) is 0.648. The van der Waals surface area contributed by atoms with E-state index in [0.29, 0.717) is 6.42 Å². The largest absolute Gasteiger partial charge is 0.462 e. The van der Waals surface area contributed by atoms with Crippen LogP contribution in [0.3, 0.4) is 0 Å². The molecule has 1 unspecified atom stereocenters. The lowest BCUT2D eigenvalue weighted by Crippen LogP contribution is -2.30. The first-order valence-corrected chi connectivity index (χ1v) is 31.7. The average Bonchev–Trinajstić information content (AvgIpc) is 3.43. The summed E-state index contributed by atoms with van der Waals surface area (Å²) in [6.07, 6.45) is 90.5. The van der Waals surface area contributed by atoms with Crippen LogP contribution in [-0.4, -0.2) is 37.2 Å². The number of ether oxygens (including phenoxy) is 3. The van der Waals surface area contributed by atoms with Crippen LogP contribution in [0.1, 0.15) is 278 Å². The molecule has 0 aromatic rings. The summed E-state index contributed by atoms with van der Waals surface area (Å²) in [6.45, 7) is 6.31. The molecular weight excluding hydrogens is 949 g/mol. The summed E-state index contributed by atoms with van der Waals surface area (Å²) in [5, 5.41) is 0. The Balaban J connectivity index is 4.43. The van der Waals surface area contributed by atoms with Crippen LogP contribution in [0.25, 0.3) is 0 Å². The van der Waals surface area contributed by atoms with Gasteiger partial charge in [0.15, 0.2) is 6.10 Å². The van der Waals surface area contributed by atoms with Crippen LogP contribution in [0.15, 0.2) is 134 Å². The predicted molar refractivity (Wildman–Crippen MR) is 334 cm³/mol. The van der Waals surface area contributed by atoms with Crippen molar-refractivity contribution in [1.29, 1.82) is 0 Å². The minimum atomic E-state index is -0.832. The quantitative estimate of drug-likeness (QED) is 0.0261. The predicted octanol–water partition coefficient (Wildman–Crippen LogP) is 21.8. The van der Waals surface area contributed by atoms with E-state index in [1.807, 2.05) is 6.08 Å². The second-order valence-electron chi connectivity index (χ2n) is 20.6. The minimum Gasteiger partial charge on any atom is -0.462 e. The SMILES string of the molecule is CC/C=C\C/C=C\C/C=C\C/C=C\C/C=C\CC(=O)OCC(COC(=O)CCCCCCCCCCCCCCC/C=C\C/C=C\CCCCCCC)OC(=O)CCCCCCCC/C=C\C/C=C\C/C=C\C/C=C\CC. The normalized spacial score (nSPS) is 13.0. The topological polar surface area (TPSA) is 78.9 Å². The molecule has 0 aliphatic heterocycles. The van der Waals surface area contributed by atoms with Crippen LogP contribution in [-0.2, 0) is 28.6 Å². The van der Waals surface area contributed by atoms with E-state index in [1.54, 1.807) is 6.08 Å². The highest BCUT2D eigenvalue weighted by Gasteiger charge is 2.19. The first-order valence-electron chi connectivity index (χ1n) is 31.7. The Morgan fingerprint density at radius 2 is 0.558 bits per heavy atom. The lowest BCUT2D eigenvalue weighted by Gasteiger charge is -2.18. The van der Waals surface area contributed by atoms with E-state index in [9.17, 15) is 14.4 Å². The maximum absolute atomic E-state index is 12.9. The van der Waals surface area contributed by atoms with E-state index < -0.39 is 12.1 Å². The molecule has 0 aliphatic rings. The first kappa shape index (κ1) is 72.5. The highest BCUT2D eigenvalue weighted by Crippen LogP contribution is 2.15. The van der Waals surface area contributed by atoms with Crippen molar-refractivity contribution in [3.8, 4) is 0 Å². The Hall–Kier alpha value is -4.45. The summed E-state index contributed by atoms with van der Waals surface area (Å²) in [6, 6.07) is 0. The lowest BCUT2D eigenvalue weighted by molar-refractivity contribution is -0.166. The molecule has 0 spiro atoms. The molecule has 1 atom stereocenters. The van der Waals surface area contributed by atoms with Gasteiger partial charge in [-0.3, -0.25) is 14.4 Å². The van der Waals surface area contributed by atoms with Crippen LogP contribution in [0.2, 0.25) is 0 Å². The van der Waals surface area contributed by atoms with Crippen molar-refractivity contribution in [3.05, 3.63) is 134 Å². The molecule has 6 nitrogen and oxygen atoms in total. The molecule has 0 aromatic carbocycles. The second kappa shape index (κ2) is 64.1. The Labute approximate surface area is 475 Å². The molecule has 0 heterocycles. The van der Waals surface area contributed by atoms with Gasteiger partial charge in [-0.05, 0) is 116 Å². The van der Waals surface area contributed by atoms with Gasteiger partial charge in [-0.25, -0.2) is 0 Å². The van der Waals surface area contributed by atoms with Gasteiger partial charge in [-0.2, -0.15) is 0 Å². The molecule has 77 heavy (non-hydrogen) atoms. The first-order chi connectivity index (χ1) is 38.0. The maximum atomic E-state index is 12.9. The highest BCUT2D eigenvalue weighted by atomic mass is 16.6. The van der Waals surface area contributed by atoms with Crippen LogP contribution < -0.4 is 0 Å². The van der Waals surface area contributed by atoms with Crippen LogP contribution in [0.4, 0.5) is 0 Å². The Bertz CT molecular complexity index is 1650. The Kier molecular flexibility index (Phi) is 60.4. The van der Waals surface area contributed by atoms with Crippen molar-refractivity contribution in [2.45, 2.75) is 284 Å².